The van der Waals surface area contributed by atoms with Gasteiger partial charge in [-0.25, -0.2) is 16.8 Å². The number of hydrogen-bond donors (Lipinski definition) is 1. The number of amides is 1. The second-order valence-electron chi connectivity index (χ2n) is 9.22. The van der Waals surface area contributed by atoms with Crippen molar-refractivity contribution in [3.05, 3.63) is 83.4 Å². The Hall–Kier alpha value is -3.29. The number of methoxy groups -OCH3 is 1. The van der Waals surface area contributed by atoms with Crippen molar-refractivity contribution in [2.75, 3.05) is 45.3 Å². The first-order valence-corrected chi connectivity index (χ1v) is 15.3. The molecule has 0 radical (unpaired) electrons. The van der Waals surface area contributed by atoms with Crippen LogP contribution < -0.4 is 10.1 Å². The third kappa shape index (κ3) is 5.56. The molecule has 10 nitrogen and oxygen atoms in total. The highest BCUT2D eigenvalue weighted by atomic mass is 32.2. The molecule has 1 N–H and O–H groups in total. The minimum absolute atomic E-state index is 0.00204. The first-order chi connectivity index (χ1) is 18.7. The number of anilines is 1. The zero-order valence-corrected chi connectivity index (χ0v) is 23.0. The Morgan fingerprint density at radius 1 is 0.821 bits per heavy atom. The zero-order valence-electron chi connectivity index (χ0n) is 21.4. The van der Waals surface area contributed by atoms with Crippen LogP contribution in [-0.2, 0) is 37.7 Å². The Labute approximate surface area is 228 Å². The summed E-state index contributed by atoms with van der Waals surface area (Å²) in [6, 6.07) is 17.8. The minimum atomic E-state index is -3.85. The van der Waals surface area contributed by atoms with E-state index in [0.717, 1.165) is 11.1 Å². The van der Waals surface area contributed by atoms with Crippen molar-refractivity contribution in [3.8, 4) is 5.75 Å². The van der Waals surface area contributed by atoms with Crippen molar-refractivity contribution in [2.45, 2.75) is 22.8 Å². The van der Waals surface area contributed by atoms with E-state index in [4.69, 9.17) is 9.47 Å². The van der Waals surface area contributed by atoms with Gasteiger partial charge in [-0.3, -0.25) is 4.79 Å². The summed E-state index contributed by atoms with van der Waals surface area (Å²) in [6.45, 7) is 1.69. The summed E-state index contributed by atoms with van der Waals surface area (Å²) in [7, 11) is -6.25. The molecule has 0 aliphatic carbocycles. The van der Waals surface area contributed by atoms with E-state index < -0.39 is 26.0 Å². The molecule has 2 heterocycles. The number of ether oxygens (including phenoxy) is 2. The smallest absolute Gasteiger partial charge is 0.255 e. The van der Waals surface area contributed by atoms with Gasteiger partial charge in [0.15, 0.2) is 0 Å². The Kier molecular flexibility index (Phi) is 7.74. The number of nitrogens with one attached hydrogen (secondary N) is 1. The predicted molar refractivity (Wildman–Crippen MR) is 145 cm³/mol. The zero-order chi connectivity index (χ0) is 27.6. The summed E-state index contributed by atoms with van der Waals surface area (Å²) in [5.41, 5.74) is 2.35. The van der Waals surface area contributed by atoms with Crippen LogP contribution in [0.1, 0.15) is 21.5 Å². The highest BCUT2D eigenvalue weighted by molar-refractivity contribution is 7.89. The molecule has 0 unspecified atom stereocenters. The van der Waals surface area contributed by atoms with Gasteiger partial charge in [-0.2, -0.15) is 8.61 Å². The van der Waals surface area contributed by atoms with E-state index in [-0.39, 0.29) is 46.4 Å². The highest BCUT2D eigenvalue weighted by Crippen LogP contribution is 2.30. The average Bonchev–Trinajstić information content (AvgIpc) is 2.97. The Bertz CT molecular complexity index is 1600. The molecule has 0 atom stereocenters. The summed E-state index contributed by atoms with van der Waals surface area (Å²) < 4.78 is 66.4. The number of morpholine rings is 1. The molecule has 0 spiro atoms. The molecule has 2 aliphatic rings. The van der Waals surface area contributed by atoms with Crippen LogP contribution in [0.5, 0.6) is 5.75 Å². The summed E-state index contributed by atoms with van der Waals surface area (Å²) in [5.74, 6) is -0.338. The van der Waals surface area contributed by atoms with E-state index in [9.17, 15) is 21.6 Å². The average molecular weight is 572 g/mol. The normalized spacial score (nSPS) is 16.8. The molecule has 206 valence electrons. The summed E-state index contributed by atoms with van der Waals surface area (Å²) in [4.78, 5) is 13.2. The van der Waals surface area contributed by atoms with E-state index in [1.54, 1.807) is 0 Å². The lowest BCUT2D eigenvalue weighted by atomic mass is 10.0. The molecule has 2 aliphatic heterocycles. The van der Waals surface area contributed by atoms with Crippen molar-refractivity contribution in [3.63, 3.8) is 0 Å². The molecule has 0 aromatic heterocycles. The van der Waals surface area contributed by atoms with Gasteiger partial charge in [-0.1, -0.05) is 30.3 Å². The van der Waals surface area contributed by atoms with Crippen molar-refractivity contribution < 1.29 is 31.1 Å². The fourth-order valence-corrected chi connectivity index (χ4v) is 7.60. The molecule has 5 rings (SSSR count). The van der Waals surface area contributed by atoms with Gasteiger partial charge in [0.2, 0.25) is 20.0 Å². The molecule has 0 saturated carbocycles. The summed E-state index contributed by atoms with van der Waals surface area (Å²) in [6.07, 6.45) is 0.610. The highest BCUT2D eigenvalue weighted by Gasteiger charge is 2.30. The molecular weight excluding hydrogens is 542 g/mol. The molecule has 1 fully saturated rings. The number of sulfonamides is 2. The van der Waals surface area contributed by atoms with E-state index in [2.05, 4.69) is 5.32 Å². The Balaban J connectivity index is 1.38. The number of nitrogens with zero attached hydrogens (tertiary/aromatic N) is 2. The predicted octanol–water partition coefficient (Wildman–Crippen LogP) is 2.72. The second kappa shape index (κ2) is 11.1. The van der Waals surface area contributed by atoms with Crippen molar-refractivity contribution >= 4 is 31.6 Å². The standard InChI is InChI=1S/C27H29N3O7S2/c1-36-26-10-9-24(38(32,33)29-13-15-37-16-14-29)18-25(26)28-27(31)21-7-4-8-23(17-21)39(34,35)30-12-11-20-5-2-3-6-22(20)19-30/h2-10,17-18H,11-16,19H2,1H3,(H,28,31). The third-order valence-corrected chi connectivity index (χ3v) is 10.6. The topological polar surface area (TPSA) is 122 Å². The number of carbonyl (C=O) groups is 1. The van der Waals surface area contributed by atoms with E-state index in [1.165, 1.54) is 58.2 Å². The van der Waals surface area contributed by atoms with Crippen LogP contribution in [0.25, 0.3) is 0 Å². The van der Waals surface area contributed by atoms with Gasteiger partial charge in [0.1, 0.15) is 5.75 Å². The fraction of sp³-hybridized carbons (Fsp3) is 0.296. The Morgan fingerprint density at radius 3 is 2.26 bits per heavy atom. The number of carbonyl (C=O) groups excluding carboxylic acids is 1. The fourth-order valence-electron chi connectivity index (χ4n) is 4.70. The van der Waals surface area contributed by atoms with Crippen LogP contribution in [0.2, 0.25) is 0 Å². The van der Waals surface area contributed by atoms with E-state index >= 15 is 0 Å². The van der Waals surface area contributed by atoms with Crippen LogP contribution in [0.15, 0.2) is 76.5 Å². The lowest BCUT2D eigenvalue weighted by Gasteiger charge is -2.28. The lowest BCUT2D eigenvalue weighted by molar-refractivity contribution is 0.0730. The molecule has 39 heavy (non-hydrogen) atoms. The first kappa shape index (κ1) is 27.3. The van der Waals surface area contributed by atoms with Gasteiger partial charge < -0.3 is 14.8 Å². The van der Waals surface area contributed by atoms with Crippen LogP contribution >= 0.6 is 0 Å². The first-order valence-electron chi connectivity index (χ1n) is 12.4. The molecule has 1 amide bonds. The van der Waals surface area contributed by atoms with Crippen LogP contribution in [0, 0.1) is 0 Å². The lowest BCUT2D eigenvalue weighted by Crippen LogP contribution is -2.40. The largest absolute Gasteiger partial charge is 0.495 e. The van der Waals surface area contributed by atoms with Gasteiger partial charge >= 0.3 is 0 Å². The van der Waals surface area contributed by atoms with Gasteiger partial charge in [-0.05, 0) is 53.9 Å². The summed E-state index contributed by atoms with van der Waals surface area (Å²) in [5, 5.41) is 2.68. The monoisotopic (exact) mass is 571 g/mol. The molecule has 12 heteroatoms. The molecule has 3 aromatic carbocycles. The number of benzene rings is 3. The third-order valence-electron chi connectivity index (χ3n) is 6.86. The minimum Gasteiger partial charge on any atom is -0.495 e. The van der Waals surface area contributed by atoms with Crippen molar-refractivity contribution in [2.24, 2.45) is 0 Å². The Morgan fingerprint density at radius 2 is 1.51 bits per heavy atom. The number of rotatable bonds is 7. The SMILES string of the molecule is COc1ccc(S(=O)(=O)N2CCOCC2)cc1NC(=O)c1cccc(S(=O)(=O)N2CCc3ccccc3C2)c1. The van der Waals surface area contributed by atoms with Crippen molar-refractivity contribution in [1.82, 2.24) is 8.61 Å². The molecular formula is C27H29N3O7S2. The van der Waals surface area contributed by atoms with Crippen molar-refractivity contribution in [1.29, 1.82) is 0 Å². The van der Waals surface area contributed by atoms with Crippen LogP contribution in [0.3, 0.4) is 0 Å². The maximum atomic E-state index is 13.4. The van der Waals surface area contributed by atoms with Gasteiger partial charge in [0, 0.05) is 31.7 Å². The second-order valence-corrected chi connectivity index (χ2v) is 13.1. The summed E-state index contributed by atoms with van der Waals surface area (Å²) >= 11 is 0. The maximum absolute atomic E-state index is 13.4. The molecule has 0 bridgehead atoms. The number of hydrogen-bond acceptors (Lipinski definition) is 7. The van der Waals surface area contributed by atoms with Gasteiger partial charge in [0.25, 0.3) is 5.91 Å². The number of fused-ring (bicyclic) bond motifs is 1. The quantitative estimate of drug-likeness (QED) is 0.463. The van der Waals surface area contributed by atoms with E-state index in [0.29, 0.717) is 26.2 Å². The maximum Gasteiger partial charge on any atom is 0.255 e. The molecule has 1 saturated heterocycles. The van der Waals surface area contributed by atoms with E-state index in [1.807, 2.05) is 24.3 Å². The van der Waals surface area contributed by atoms with Gasteiger partial charge in [0.05, 0.1) is 35.8 Å². The molecule has 3 aromatic rings. The van der Waals surface area contributed by atoms with Crippen LogP contribution in [-0.4, -0.2) is 71.3 Å². The van der Waals surface area contributed by atoms with Crippen LogP contribution in [0.4, 0.5) is 5.69 Å². The van der Waals surface area contributed by atoms with Gasteiger partial charge in [-0.15, -0.1) is 0 Å².